The van der Waals surface area contributed by atoms with E-state index in [-0.39, 0.29) is 12.1 Å². The van der Waals surface area contributed by atoms with Crippen molar-refractivity contribution in [3.05, 3.63) is 76.9 Å². The summed E-state index contributed by atoms with van der Waals surface area (Å²) in [5.74, 6) is 1.50. The fourth-order valence-corrected chi connectivity index (χ4v) is 6.58. The molecule has 0 atom stereocenters. The summed E-state index contributed by atoms with van der Waals surface area (Å²) in [7, 11) is 0. The number of fused-ring (bicyclic) bond motifs is 2. The van der Waals surface area contributed by atoms with Crippen LogP contribution < -0.4 is 16.4 Å². The van der Waals surface area contributed by atoms with Crippen molar-refractivity contribution >= 4 is 34.9 Å². The summed E-state index contributed by atoms with van der Waals surface area (Å²) in [6, 6.07) is 21.4. The van der Waals surface area contributed by atoms with Crippen LogP contribution in [0, 0.1) is 5.41 Å². The molecule has 0 nitrogen and oxygen atoms in total. The molecular weight excluding hydrogens is 427 g/mol. The normalized spacial score (nSPS) is 13.6. The second-order valence-electron chi connectivity index (χ2n) is 12.3. The monoisotopic (exact) mass is 468 g/mol. The molecule has 0 amide bonds. The van der Waals surface area contributed by atoms with Crippen molar-refractivity contribution in [1.82, 2.24) is 0 Å². The van der Waals surface area contributed by atoms with Gasteiger partial charge in [-0.05, 0) is 64.0 Å². The largest absolute Gasteiger partial charge is 0.244 e. The van der Waals surface area contributed by atoms with Gasteiger partial charge in [0.2, 0.25) is 6.71 Å². The lowest BCUT2D eigenvalue weighted by Gasteiger charge is -2.32. The molecule has 0 radical (unpaired) electrons. The van der Waals surface area contributed by atoms with Crippen molar-refractivity contribution in [3.63, 3.8) is 0 Å². The van der Waals surface area contributed by atoms with Crippen molar-refractivity contribution in [2.75, 3.05) is 0 Å². The van der Waals surface area contributed by atoms with Gasteiger partial charge in [-0.1, -0.05) is 133 Å². The fourth-order valence-electron chi connectivity index (χ4n) is 5.38. The van der Waals surface area contributed by atoms with Crippen LogP contribution in [0.25, 0.3) is 0 Å². The lowest BCUT2D eigenvalue weighted by Crippen LogP contribution is -2.57. The Kier molecular flexibility index (Phi) is 7.12. The lowest BCUT2D eigenvalue weighted by atomic mass is 9.34. The minimum absolute atomic E-state index is 0.284. The van der Waals surface area contributed by atoms with Gasteiger partial charge in [-0.3, -0.25) is 0 Å². The van der Waals surface area contributed by atoms with E-state index >= 15 is 0 Å². The third kappa shape index (κ3) is 5.03. The first-order valence-corrected chi connectivity index (χ1v) is 13.8. The van der Waals surface area contributed by atoms with E-state index in [0.29, 0.717) is 17.8 Å². The van der Waals surface area contributed by atoms with Gasteiger partial charge >= 0.3 is 0 Å². The van der Waals surface area contributed by atoms with Crippen LogP contribution in [0.5, 0.6) is 0 Å². The number of hydrogen-bond acceptors (Lipinski definition) is 1. The van der Waals surface area contributed by atoms with E-state index in [0.717, 1.165) is 6.42 Å². The minimum atomic E-state index is 0.284. The number of hydrogen-bond donors (Lipinski definition) is 0. The Balaban J connectivity index is 2.00. The van der Waals surface area contributed by atoms with Crippen molar-refractivity contribution in [3.8, 4) is 0 Å². The fraction of sp³-hybridized carbons (Fsp3) is 0.438. The highest BCUT2D eigenvalue weighted by Gasteiger charge is 2.35. The zero-order valence-corrected chi connectivity index (χ0v) is 23.4. The summed E-state index contributed by atoms with van der Waals surface area (Å²) in [5, 5.41) is 0. The van der Waals surface area contributed by atoms with E-state index in [1.807, 2.05) is 11.8 Å². The van der Waals surface area contributed by atoms with Crippen molar-refractivity contribution < 1.29 is 0 Å². The Morgan fingerprint density at radius 1 is 0.706 bits per heavy atom. The first-order chi connectivity index (χ1) is 16.0. The molecule has 0 saturated heterocycles. The maximum Gasteiger partial charge on any atom is 0.244 e. The van der Waals surface area contributed by atoms with Crippen LogP contribution in [0.15, 0.2) is 64.4 Å². The summed E-state index contributed by atoms with van der Waals surface area (Å²) in [6.45, 7) is 21.4. The predicted molar refractivity (Wildman–Crippen MR) is 154 cm³/mol. The molecule has 1 heterocycles. The minimum Gasteiger partial charge on any atom is -0.0912 e. The summed E-state index contributed by atoms with van der Waals surface area (Å²) < 4.78 is 0. The molecule has 3 aromatic carbocycles. The van der Waals surface area contributed by atoms with Crippen LogP contribution in [-0.2, 0) is 6.42 Å². The standard InChI is InChI=1S/C32H41BS/c1-20(2)24-17-25(21(3)4)31(26(18-24)22(5)6)33-27-12-10-11-13-29(27)34-30-16-23(14-15-28(30)33)19-32(7,8)9/h10-18,20-22H,19H2,1-9H3. The molecule has 0 aromatic heterocycles. The van der Waals surface area contributed by atoms with E-state index in [1.165, 1.54) is 43.0 Å². The van der Waals surface area contributed by atoms with Gasteiger partial charge in [0, 0.05) is 9.79 Å². The zero-order chi connectivity index (χ0) is 24.8. The molecule has 0 saturated carbocycles. The van der Waals surface area contributed by atoms with Crippen molar-refractivity contribution in [2.45, 2.75) is 96.3 Å². The summed E-state index contributed by atoms with van der Waals surface area (Å²) in [4.78, 5) is 2.84. The van der Waals surface area contributed by atoms with Crippen molar-refractivity contribution in [2.24, 2.45) is 5.41 Å². The molecule has 1 aliphatic heterocycles. The molecule has 0 aliphatic carbocycles. The van der Waals surface area contributed by atoms with Crippen molar-refractivity contribution in [1.29, 1.82) is 0 Å². The van der Waals surface area contributed by atoms with Crippen LogP contribution in [0.3, 0.4) is 0 Å². The van der Waals surface area contributed by atoms with Gasteiger partial charge in [0.15, 0.2) is 0 Å². The maximum atomic E-state index is 2.51. The van der Waals surface area contributed by atoms with Crippen LogP contribution in [0.2, 0.25) is 0 Å². The van der Waals surface area contributed by atoms with Gasteiger partial charge in [-0.15, -0.1) is 0 Å². The lowest BCUT2D eigenvalue weighted by molar-refractivity contribution is 0.411. The molecule has 0 fully saturated rings. The highest BCUT2D eigenvalue weighted by molar-refractivity contribution is 8.00. The third-order valence-electron chi connectivity index (χ3n) is 7.04. The average Bonchev–Trinajstić information content (AvgIpc) is 2.75. The second-order valence-corrected chi connectivity index (χ2v) is 13.3. The van der Waals surface area contributed by atoms with Crippen LogP contribution in [0.4, 0.5) is 0 Å². The van der Waals surface area contributed by atoms with Crippen LogP contribution >= 0.6 is 11.8 Å². The van der Waals surface area contributed by atoms with Gasteiger partial charge in [-0.2, -0.15) is 0 Å². The second kappa shape index (κ2) is 9.61. The molecule has 1 aliphatic rings. The van der Waals surface area contributed by atoms with Gasteiger partial charge in [0.1, 0.15) is 0 Å². The Hall–Kier alpha value is -1.93. The summed E-state index contributed by atoms with van der Waals surface area (Å²) in [6.07, 6.45) is 1.10. The molecule has 4 rings (SSSR count). The van der Waals surface area contributed by atoms with Gasteiger partial charge in [0.05, 0.1) is 0 Å². The molecule has 178 valence electrons. The van der Waals surface area contributed by atoms with E-state index < -0.39 is 0 Å². The van der Waals surface area contributed by atoms with Crippen LogP contribution in [0.1, 0.15) is 102 Å². The predicted octanol–water partition coefficient (Wildman–Crippen LogP) is 7.63. The highest BCUT2D eigenvalue weighted by atomic mass is 32.2. The Morgan fingerprint density at radius 2 is 1.29 bits per heavy atom. The number of benzene rings is 3. The average molecular weight is 469 g/mol. The maximum absolute atomic E-state index is 2.51. The molecular formula is C32H41BS. The molecule has 0 unspecified atom stereocenters. The van der Waals surface area contributed by atoms with E-state index in [4.69, 9.17) is 0 Å². The van der Waals surface area contributed by atoms with E-state index in [9.17, 15) is 0 Å². The summed E-state index contributed by atoms with van der Waals surface area (Å²) >= 11 is 1.96. The molecule has 2 heteroatoms. The molecule has 34 heavy (non-hydrogen) atoms. The molecule has 0 spiro atoms. The zero-order valence-electron chi connectivity index (χ0n) is 22.6. The number of rotatable bonds is 5. The summed E-state index contributed by atoms with van der Waals surface area (Å²) in [5.41, 5.74) is 10.7. The third-order valence-corrected chi connectivity index (χ3v) is 8.20. The topological polar surface area (TPSA) is 0 Å². The Bertz CT molecular complexity index is 1150. The smallest absolute Gasteiger partial charge is 0.0912 e. The van der Waals surface area contributed by atoms with Gasteiger partial charge < -0.3 is 0 Å². The Labute approximate surface area is 213 Å². The van der Waals surface area contributed by atoms with Crippen LogP contribution in [-0.4, -0.2) is 6.71 Å². The first kappa shape index (κ1) is 25.2. The van der Waals surface area contributed by atoms with E-state index in [2.05, 4.69) is 117 Å². The molecule has 3 aromatic rings. The first-order valence-electron chi connectivity index (χ1n) is 13.0. The van der Waals surface area contributed by atoms with Gasteiger partial charge in [0.25, 0.3) is 0 Å². The molecule has 0 bridgehead atoms. The van der Waals surface area contributed by atoms with Gasteiger partial charge in [-0.25, -0.2) is 0 Å². The quantitative estimate of drug-likeness (QED) is 0.271. The SMILES string of the molecule is CC(C)c1cc(C(C)C)c(B2c3ccccc3Sc3cc(CC(C)(C)C)ccc32)c(C(C)C)c1. The highest BCUT2D eigenvalue weighted by Crippen LogP contribution is 2.34. The molecule has 0 N–H and O–H groups in total. The van der Waals surface area contributed by atoms with E-state index in [1.54, 1.807) is 5.46 Å². The Morgan fingerprint density at radius 3 is 1.85 bits per heavy atom.